The number of nitriles is 1. The van der Waals surface area contributed by atoms with E-state index in [2.05, 4.69) is 5.92 Å². The molecule has 15 heavy (non-hydrogen) atoms. The zero-order valence-electron chi connectivity index (χ0n) is 7.19. The Bertz CT molecular complexity index is 474. The van der Waals surface area contributed by atoms with Crippen LogP contribution in [0.1, 0.15) is 11.1 Å². The van der Waals surface area contributed by atoms with Crippen LogP contribution in [0.5, 0.6) is 0 Å². The second-order valence-electron chi connectivity index (χ2n) is 2.59. The molecule has 0 unspecified atom stereocenters. The Kier molecular flexibility index (Phi) is 3.24. The van der Waals surface area contributed by atoms with Crippen LogP contribution < -0.4 is 0 Å². The van der Waals surface area contributed by atoms with Gasteiger partial charge in [-0.15, -0.1) is 0 Å². The molecule has 0 N–H and O–H groups in total. The van der Waals surface area contributed by atoms with E-state index in [0.29, 0.717) is 0 Å². The highest BCUT2D eigenvalue weighted by Crippen LogP contribution is 2.31. The van der Waals surface area contributed by atoms with Crippen molar-refractivity contribution in [2.45, 2.75) is 6.18 Å². The first-order valence-corrected chi connectivity index (χ1v) is 4.09. The van der Waals surface area contributed by atoms with Gasteiger partial charge in [-0.3, -0.25) is 0 Å². The van der Waals surface area contributed by atoms with Gasteiger partial charge in [0.15, 0.2) is 6.07 Å². The smallest absolute Gasteiger partial charge is 0.183 e. The molecule has 1 aromatic carbocycles. The van der Waals surface area contributed by atoms with Crippen LogP contribution in [0.15, 0.2) is 18.2 Å². The van der Waals surface area contributed by atoms with Crippen LogP contribution in [0.25, 0.3) is 0 Å². The number of hydrogen-bond donors (Lipinski definition) is 0. The molecule has 0 atom stereocenters. The fourth-order valence-corrected chi connectivity index (χ4v) is 1.16. The summed E-state index contributed by atoms with van der Waals surface area (Å²) in [6.07, 6.45) is -4.46. The van der Waals surface area contributed by atoms with Crippen molar-refractivity contribution in [2.24, 2.45) is 0 Å². The summed E-state index contributed by atoms with van der Waals surface area (Å²) >= 11 is 5.48. The molecule has 0 amide bonds. The molecule has 0 aliphatic heterocycles. The first-order valence-electron chi connectivity index (χ1n) is 3.71. The van der Waals surface area contributed by atoms with E-state index in [1.807, 2.05) is 5.92 Å². The molecule has 0 radical (unpaired) electrons. The lowest BCUT2D eigenvalue weighted by Crippen LogP contribution is -2.04. The second kappa shape index (κ2) is 4.25. The first-order chi connectivity index (χ1) is 6.93. The minimum Gasteiger partial charge on any atom is -0.183 e. The average molecular weight is 230 g/mol. The highest BCUT2D eigenvalue weighted by molar-refractivity contribution is 6.30. The van der Waals surface area contributed by atoms with Crippen LogP contribution in [-0.4, -0.2) is 0 Å². The lowest BCUT2D eigenvalue weighted by atomic mass is 10.1. The number of halogens is 4. The van der Waals surface area contributed by atoms with Crippen LogP contribution in [0.4, 0.5) is 13.2 Å². The molecule has 0 aliphatic carbocycles. The molecule has 0 bridgehead atoms. The zero-order valence-corrected chi connectivity index (χ0v) is 7.95. The van der Waals surface area contributed by atoms with Gasteiger partial charge in [-0.1, -0.05) is 17.5 Å². The molecule has 0 saturated carbocycles. The predicted molar refractivity (Wildman–Crippen MR) is 48.9 cm³/mol. The average Bonchev–Trinajstić information content (AvgIpc) is 2.12. The van der Waals surface area contributed by atoms with E-state index < -0.39 is 11.7 Å². The molecule has 0 heterocycles. The van der Waals surface area contributed by atoms with Crippen molar-refractivity contribution in [3.8, 4) is 17.9 Å². The van der Waals surface area contributed by atoms with Gasteiger partial charge in [-0.25, -0.2) is 0 Å². The number of hydrogen-bond acceptors (Lipinski definition) is 1. The van der Waals surface area contributed by atoms with E-state index in [-0.39, 0.29) is 10.6 Å². The molecule has 76 valence electrons. The van der Waals surface area contributed by atoms with Crippen LogP contribution in [0.3, 0.4) is 0 Å². The maximum Gasteiger partial charge on any atom is 0.416 e. The maximum absolute atomic E-state index is 12.3. The number of alkyl halides is 3. The van der Waals surface area contributed by atoms with Gasteiger partial charge in [0.05, 0.1) is 5.56 Å². The summed E-state index contributed by atoms with van der Waals surface area (Å²) in [5, 5.41) is 8.08. The Labute approximate surface area is 89.1 Å². The molecular weight excluding hydrogens is 227 g/mol. The topological polar surface area (TPSA) is 23.8 Å². The minimum absolute atomic E-state index is 0.0629. The number of nitrogens with zero attached hydrogens (tertiary/aromatic N) is 1. The third-order valence-corrected chi connectivity index (χ3v) is 1.71. The quantitative estimate of drug-likeness (QED) is 0.627. The van der Waals surface area contributed by atoms with E-state index in [1.54, 1.807) is 0 Å². The van der Waals surface area contributed by atoms with Crippen molar-refractivity contribution in [1.82, 2.24) is 0 Å². The van der Waals surface area contributed by atoms with E-state index in [0.717, 1.165) is 12.1 Å². The van der Waals surface area contributed by atoms with Crippen molar-refractivity contribution >= 4 is 11.6 Å². The van der Waals surface area contributed by atoms with Gasteiger partial charge in [-0.05, 0) is 18.2 Å². The van der Waals surface area contributed by atoms with Crippen LogP contribution in [0, 0.1) is 23.2 Å². The Balaban J connectivity index is 3.24. The molecule has 1 rings (SSSR count). The van der Waals surface area contributed by atoms with Gasteiger partial charge in [-0.2, -0.15) is 18.4 Å². The molecule has 0 fully saturated rings. The molecule has 0 aliphatic rings. The Hall–Kier alpha value is -1.65. The van der Waals surface area contributed by atoms with Gasteiger partial charge < -0.3 is 0 Å². The van der Waals surface area contributed by atoms with E-state index in [9.17, 15) is 13.2 Å². The van der Waals surface area contributed by atoms with Crippen molar-refractivity contribution < 1.29 is 13.2 Å². The predicted octanol–water partition coefficient (Wildman–Crippen LogP) is 3.23. The maximum atomic E-state index is 12.3. The summed E-state index contributed by atoms with van der Waals surface area (Å²) in [5.74, 6) is 4.25. The summed E-state index contributed by atoms with van der Waals surface area (Å²) in [4.78, 5) is 0. The molecule has 0 saturated heterocycles. The van der Waals surface area contributed by atoms with Crippen LogP contribution in [0.2, 0.25) is 5.02 Å². The SMILES string of the molecule is N#CC#Cc1cc(Cl)cc(C(F)(F)F)c1. The summed E-state index contributed by atoms with van der Waals surface area (Å²) in [6, 6.07) is 4.42. The normalized spacial score (nSPS) is 10.1. The summed E-state index contributed by atoms with van der Waals surface area (Å²) < 4.78 is 36.9. The number of rotatable bonds is 0. The fourth-order valence-electron chi connectivity index (χ4n) is 0.926. The first kappa shape index (κ1) is 11.4. The van der Waals surface area contributed by atoms with Crippen molar-refractivity contribution in [3.63, 3.8) is 0 Å². The molecule has 0 aromatic heterocycles. The molecule has 5 heteroatoms. The Morgan fingerprint density at radius 3 is 2.40 bits per heavy atom. The summed E-state index contributed by atoms with van der Waals surface area (Å²) in [6.45, 7) is 0. The molecule has 1 aromatic rings. The van der Waals surface area contributed by atoms with Gasteiger partial charge in [0.1, 0.15) is 0 Å². The molecule has 1 nitrogen and oxygen atoms in total. The van der Waals surface area contributed by atoms with Gasteiger partial charge in [0.25, 0.3) is 0 Å². The monoisotopic (exact) mass is 229 g/mol. The van der Waals surface area contributed by atoms with Crippen molar-refractivity contribution in [1.29, 1.82) is 5.26 Å². The van der Waals surface area contributed by atoms with E-state index >= 15 is 0 Å². The van der Waals surface area contributed by atoms with Gasteiger partial charge in [0, 0.05) is 16.5 Å². The lowest BCUT2D eigenvalue weighted by Gasteiger charge is -2.07. The van der Waals surface area contributed by atoms with Crippen molar-refractivity contribution in [3.05, 3.63) is 34.3 Å². The summed E-state index contributed by atoms with van der Waals surface area (Å²) in [7, 11) is 0. The minimum atomic E-state index is -4.46. The Morgan fingerprint density at radius 2 is 1.87 bits per heavy atom. The van der Waals surface area contributed by atoms with Crippen molar-refractivity contribution in [2.75, 3.05) is 0 Å². The number of benzene rings is 1. The third-order valence-electron chi connectivity index (χ3n) is 1.49. The van der Waals surface area contributed by atoms with Crippen LogP contribution >= 0.6 is 11.6 Å². The largest absolute Gasteiger partial charge is 0.416 e. The van der Waals surface area contributed by atoms with E-state index in [4.69, 9.17) is 16.9 Å². The zero-order chi connectivity index (χ0) is 11.5. The third kappa shape index (κ3) is 3.19. The Morgan fingerprint density at radius 1 is 1.20 bits per heavy atom. The fraction of sp³-hybridized carbons (Fsp3) is 0.100. The lowest BCUT2D eigenvalue weighted by molar-refractivity contribution is -0.137. The highest BCUT2D eigenvalue weighted by atomic mass is 35.5. The van der Waals surface area contributed by atoms with Gasteiger partial charge >= 0.3 is 6.18 Å². The standard InChI is InChI=1S/C10H3ClF3N/c11-9-5-7(2-1-3-15)4-8(6-9)10(12,13)14/h4-6H. The van der Waals surface area contributed by atoms with E-state index in [1.165, 1.54) is 12.1 Å². The van der Waals surface area contributed by atoms with Crippen LogP contribution in [-0.2, 0) is 6.18 Å². The highest BCUT2D eigenvalue weighted by Gasteiger charge is 2.30. The molecule has 0 spiro atoms. The second-order valence-corrected chi connectivity index (χ2v) is 3.02. The molecular formula is C10H3ClF3N. The summed E-state index contributed by atoms with van der Waals surface area (Å²) in [5.41, 5.74) is -0.811. The van der Waals surface area contributed by atoms with Gasteiger partial charge in [0.2, 0.25) is 0 Å².